The normalized spacial score (nSPS) is 10.8. The van der Waals surface area contributed by atoms with Crippen molar-refractivity contribution < 1.29 is 9.32 Å². The molecule has 0 unspecified atom stereocenters. The molecule has 0 fully saturated rings. The van der Waals surface area contributed by atoms with Gasteiger partial charge in [0, 0.05) is 16.9 Å². The van der Waals surface area contributed by atoms with Crippen LogP contribution in [-0.4, -0.2) is 20.6 Å². The lowest BCUT2D eigenvalue weighted by molar-refractivity contribution is -0.116. The van der Waals surface area contributed by atoms with Crippen LogP contribution in [0.4, 0.5) is 5.69 Å². The molecule has 0 radical (unpaired) electrons. The number of nitrogens with zero attached hydrogens (tertiary/aromatic N) is 3. The highest BCUT2D eigenvalue weighted by molar-refractivity contribution is 5.90. The maximum absolute atomic E-state index is 13.2. The lowest BCUT2D eigenvalue weighted by Crippen LogP contribution is -2.30. The fraction of sp³-hybridized carbons (Fsp3) is 0.167. The number of carbonyl (C=O) groups is 1. The standard InChI is InChI=1S/C24H22N4O3/c1-15-9-11-18(12-10-15)22-26-23(31-27-22)21-16(2)13-17(3)28(24(21)30)14-20(29)25-19-7-5-4-6-8-19/h4-13H,14H2,1-3H3,(H,25,29). The smallest absolute Gasteiger partial charge is 0.264 e. The highest BCUT2D eigenvalue weighted by Crippen LogP contribution is 2.23. The molecule has 1 amide bonds. The van der Waals surface area contributed by atoms with E-state index in [1.54, 1.807) is 19.1 Å². The van der Waals surface area contributed by atoms with Gasteiger partial charge < -0.3 is 14.4 Å². The van der Waals surface area contributed by atoms with E-state index in [2.05, 4.69) is 15.5 Å². The number of hydrogen-bond acceptors (Lipinski definition) is 5. The molecule has 7 nitrogen and oxygen atoms in total. The highest BCUT2D eigenvalue weighted by Gasteiger charge is 2.20. The molecule has 4 aromatic rings. The summed E-state index contributed by atoms with van der Waals surface area (Å²) in [4.78, 5) is 30.2. The summed E-state index contributed by atoms with van der Waals surface area (Å²) in [6.07, 6.45) is 0. The molecule has 7 heteroatoms. The molecule has 0 saturated heterocycles. The summed E-state index contributed by atoms with van der Waals surface area (Å²) in [5, 5.41) is 6.83. The van der Waals surface area contributed by atoms with Gasteiger partial charge in [-0.2, -0.15) is 4.98 Å². The molecule has 0 atom stereocenters. The average Bonchev–Trinajstić information content (AvgIpc) is 3.22. The van der Waals surface area contributed by atoms with E-state index in [-0.39, 0.29) is 23.9 Å². The van der Waals surface area contributed by atoms with Crippen LogP contribution in [0.2, 0.25) is 0 Å². The molecule has 0 aliphatic rings. The lowest BCUT2D eigenvalue weighted by atomic mass is 10.1. The van der Waals surface area contributed by atoms with Gasteiger partial charge in [0.2, 0.25) is 11.7 Å². The van der Waals surface area contributed by atoms with Gasteiger partial charge in [0.1, 0.15) is 12.1 Å². The third-order valence-electron chi connectivity index (χ3n) is 5.01. The molecule has 31 heavy (non-hydrogen) atoms. The molecule has 2 aromatic carbocycles. The van der Waals surface area contributed by atoms with Gasteiger partial charge in [0.15, 0.2) is 0 Å². The van der Waals surface area contributed by atoms with Crippen molar-refractivity contribution in [1.29, 1.82) is 0 Å². The van der Waals surface area contributed by atoms with Crippen LogP contribution in [0.15, 0.2) is 70.0 Å². The molecule has 2 heterocycles. The second-order valence-electron chi connectivity index (χ2n) is 7.44. The van der Waals surface area contributed by atoms with Crippen molar-refractivity contribution in [1.82, 2.24) is 14.7 Å². The van der Waals surface area contributed by atoms with Gasteiger partial charge in [-0.1, -0.05) is 53.2 Å². The van der Waals surface area contributed by atoms with E-state index < -0.39 is 0 Å². The zero-order chi connectivity index (χ0) is 22.0. The Morgan fingerprint density at radius 3 is 2.45 bits per heavy atom. The minimum Gasteiger partial charge on any atom is -0.333 e. The fourth-order valence-electron chi connectivity index (χ4n) is 3.39. The predicted octanol–water partition coefficient (Wildman–Crippen LogP) is 4.13. The molecular formula is C24H22N4O3. The van der Waals surface area contributed by atoms with Crippen molar-refractivity contribution in [2.24, 2.45) is 0 Å². The van der Waals surface area contributed by atoms with E-state index in [0.29, 0.717) is 28.3 Å². The Bertz CT molecular complexity index is 1290. The number of carbonyl (C=O) groups excluding carboxylic acids is 1. The Morgan fingerprint density at radius 2 is 1.74 bits per heavy atom. The fourth-order valence-corrected chi connectivity index (χ4v) is 3.39. The van der Waals surface area contributed by atoms with Crippen molar-refractivity contribution in [3.63, 3.8) is 0 Å². The summed E-state index contributed by atoms with van der Waals surface area (Å²) in [6, 6.07) is 18.7. The average molecular weight is 414 g/mol. The quantitative estimate of drug-likeness (QED) is 0.530. The molecule has 0 aliphatic carbocycles. The predicted molar refractivity (Wildman–Crippen MR) is 119 cm³/mol. The number of benzene rings is 2. The van der Waals surface area contributed by atoms with Crippen LogP contribution in [0.1, 0.15) is 16.8 Å². The molecule has 2 aromatic heterocycles. The third-order valence-corrected chi connectivity index (χ3v) is 5.01. The summed E-state index contributed by atoms with van der Waals surface area (Å²) >= 11 is 0. The van der Waals surface area contributed by atoms with Crippen LogP contribution in [0.25, 0.3) is 22.8 Å². The zero-order valence-corrected chi connectivity index (χ0v) is 17.5. The van der Waals surface area contributed by atoms with Gasteiger partial charge in [-0.05, 0) is 44.5 Å². The van der Waals surface area contributed by atoms with Gasteiger partial charge in [0.25, 0.3) is 11.4 Å². The number of aryl methyl sites for hydroxylation is 3. The van der Waals surface area contributed by atoms with Gasteiger partial charge in [0.05, 0.1) is 0 Å². The molecule has 1 N–H and O–H groups in total. The van der Waals surface area contributed by atoms with E-state index in [0.717, 1.165) is 11.1 Å². The summed E-state index contributed by atoms with van der Waals surface area (Å²) in [5.74, 6) is 0.245. The van der Waals surface area contributed by atoms with Crippen LogP contribution in [-0.2, 0) is 11.3 Å². The first-order valence-electron chi connectivity index (χ1n) is 9.89. The topological polar surface area (TPSA) is 90.0 Å². The van der Waals surface area contributed by atoms with E-state index in [9.17, 15) is 9.59 Å². The first-order chi connectivity index (χ1) is 14.9. The molecule has 156 valence electrons. The Balaban J connectivity index is 1.66. The zero-order valence-electron chi connectivity index (χ0n) is 17.5. The van der Waals surface area contributed by atoms with Gasteiger partial charge >= 0.3 is 0 Å². The van der Waals surface area contributed by atoms with Crippen LogP contribution < -0.4 is 10.9 Å². The summed E-state index contributed by atoms with van der Waals surface area (Å²) in [5.41, 5.74) is 3.93. The van der Waals surface area contributed by atoms with Gasteiger partial charge in [-0.3, -0.25) is 9.59 Å². The number of rotatable bonds is 5. The number of amides is 1. The van der Waals surface area contributed by atoms with Crippen molar-refractivity contribution >= 4 is 11.6 Å². The monoisotopic (exact) mass is 414 g/mol. The Hall–Kier alpha value is -4.00. The highest BCUT2D eigenvalue weighted by atomic mass is 16.5. The number of pyridine rings is 1. The van der Waals surface area contributed by atoms with Gasteiger partial charge in [-0.15, -0.1) is 0 Å². The molecule has 4 rings (SSSR count). The number of nitrogens with one attached hydrogen (secondary N) is 1. The molecule has 0 aliphatic heterocycles. The third kappa shape index (κ3) is 4.30. The van der Waals surface area contributed by atoms with Crippen molar-refractivity contribution in [3.8, 4) is 22.8 Å². The molecule has 0 bridgehead atoms. The van der Waals surface area contributed by atoms with E-state index in [1.807, 2.05) is 62.4 Å². The van der Waals surface area contributed by atoms with Crippen LogP contribution >= 0.6 is 0 Å². The maximum Gasteiger partial charge on any atom is 0.264 e. The summed E-state index contributed by atoms with van der Waals surface area (Å²) < 4.78 is 6.83. The van der Waals surface area contributed by atoms with Crippen molar-refractivity contribution in [2.45, 2.75) is 27.3 Å². The number of aromatic nitrogens is 3. The minimum atomic E-state index is -0.347. The van der Waals surface area contributed by atoms with Crippen molar-refractivity contribution in [3.05, 3.63) is 87.8 Å². The molecular weight excluding hydrogens is 392 g/mol. The minimum absolute atomic E-state index is 0.119. The Labute approximate surface area is 179 Å². The largest absolute Gasteiger partial charge is 0.333 e. The second kappa shape index (κ2) is 8.39. The number of hydrogen-bond donors (Lipinski definition) is 1. The van der Waals surface area contributed by atoms with Crippen LogP contribution in [0.5, 0.6) is 0 Å². The van der Waals surface area contributed by atoms with E-state index >= 15 is 0 Å². The summed E-state index contributed by atoms with van der Waals surface area (Å²) in [7, 11) is 0. The van der Waals surface area contributed by atoms with Crippen molar-refractivity contribution in [2.75, 3.05) is 5.32 Å². The SMILES string of the molecule is Cc1ccc(-c2noc(-c3c(C)cc(C)n(CC(=O)Nc4ccccc4)c3=O)n2)cc1. The van der Waals surface area contributed by atoms with Crippen LogP contribution in [0.3, 0.4) is 0 Å². The second-order valence-corrected chi connectivity index (χ2v) is 7.44. The maximum atomic E-state index is 13.2. The van der Waals surface area contributed by atoms with E-state index in [4.69, 9.17) is 4.52 Å². The summed E-state index contributed by atoms with van der Waals surface area (Å²) in [6.45, 7) is 5.48. The lowest BCUT2D eigenvalue weighted by Gasteiger charge is -2.13. The number of para-hydroxylation sites is 1. The molecule has 0 spiro atoms. The number of anilines is 1. The van der Waals surface area contributed by atoms with E-state index in [1.165, 1.54) is 4.57 Å². The first-order valence-corrected chi connectivity index (χ1v) is 9.89. The Morgan fingerprint density at radius 1 is 1.03 bits per heavy atom. The van der Waals surface area contributed by atoms with Crippen LogP contribution in [0, 0.1) is 20.8 Å². The first kappa shape index (κ1) is 20.3. The Kier molecular flexibility index (Phi) is 5.49. The molecule has 0 saturated carbocycles. The van der Waals surface area contributed by atoms with Gasteiger partial charge in [-0.25, -0.2) is 0 Å².